The van der Waals surface area contributed by atoms with Gasteiger partial charge in [0.2, 0.25) is 0 Å². The van der Waals surface area contributed by atoms with Crippen LogP contribution in [0.1, 0.15) is 52.1 Å². The van der Waals surface area contributed by atoms with E-state index in [0.29, 0.717) is 0 Å². The average Bonchev–Trinajstić information content (AvgIpc) is 2.82. The van der Waals surface area contributed by atoms with Crippen LogP contribution in [-0.2, 0) is 11.3 Å². The highest BCUT2D eigenvalue weighted by molar-refractivity contribution is 5.12. The van der Waals surface area contributed by atoms with Gasteiger partial charge in [0.1, 0.15) is 0 Å². The third-order valence-corrected chi connectivity index (χ3v) is 3.04. The largest absolute Gasteiger partial charge is 0.377 e. The van der Waals surface area contributed by atoms with Crippen molar-refractivity contribution in [1.29, 1.82) is 0 Å². The number of nitrogens with zero attached hydrogens (tertiary/aromatic N) is 2. The molecule has 1 aromatic heterocycles. The lowest BCUT2D eigenvalue weighted by Gasteiger charge is -2.26. The minimum absolute atomic E-state index is 0.217. The SMILES string of the molecule is CCCn1cc(C(NCC)C(CC)OCC)cn1. The number of aromatic nitrogens is 2. The number of nitrogens with one attached hydrogen (secondary N) is 1. The van der Waals surface area contributed by atoms with Crippen LogP contribution < -0.4 is 5.32 Å². The molecule has 0 radical (unpaired) electrons. The summed E-state index contributed by atoms with van der Waals surface area (Å²) in [7, 11) is 0. The molecule has 0 amide bonds. The molecule has 18 heavy (non-hydrogen) atoms. The maximum atomic E-state index is 5.83. The van der Waals surface area contributed by atoms with Gasteiger partial charge in [0.05, 0.1) is 18.3 Å². The van der Waals surface area contributed by atoms with Gasteiger partial charge in [-0.3, -0.25) is 4.68 Å². The number of aryl methyl sites for hydroxylation is 1. The van der Waals surface area contributed by atoms with E-state index in [4.69, 9.17) is 4.74 Å². The van der Waals surface area contributed by atoms with Gasteiger partial charge in [-0.1, -0.05) is 20.8 Å². The van der Waals surface area contributed by atoms with Gasteiger partial charge in [0.25, 0.3) is 0 Å². The summed E-state index contributed by atoms with van der Waals surface area (Å²) in [5.74, 6) is 0. The second-order valence-electron chi connectivity index (χ2n) is 4.47. The van der Waals surface area contributed by atoms with Crippen molar-refractivity contribution in [2.24, 2.45) is 0 Å². The van der Waals surface area contributed by atoms with Gasteiger partial charge in [-0.05, 0) is 26.3 Å². The van der Waals surface area contributed by atoms with Crippen molar-refractivity contribution < 1.29 is 4.74 Å². The molecule has 4 heteroatoms. The zero-order valence-corrected chi connectivity index (χ0v) is 12.1. The number of ether oxygens (including phenoxy) is 1. The molecule has 0 aliphatic heterocycles. The topological polar surface area (TPSA) is 39.1 Å². The fourth-order valence-electron chi connectivity index (χ4n) is 2.24. The number of hydrogen-bond acceptors (Lipinski definition) is 3. The maximum Gasteiger partial charge on any atom is 0.0768 e. The molecule has 0 spiro atoms. The molecule has 0 aromatic carbocycles. The van der Waals surface area contributed by atoms with Crippen molar-refractivity contribution in [3.8, 4) is 0 Å². The molecule has 1 rings (SSSR count). The van der Waals surface area contributed by atoms with Crippen LogP contribution in [0.3, 0.4) is 0 Å². The van der Waals surface area contributed by atoms with E-state index >= 15 is 0 Å². The smallest absolute Gasteiger partial charge is 0.0768 e. The van der Waals surface area contributed by atoms with Crippen LogP contribution in [0.15, 0.2) is 12.4 Å². The van der Waals surface area contributed by atoms with Crippen LogP contribution >= 0.6 is 0 Å². The van der Waals surface area contributed by atoms with Gasteiger partial charge in [0, 0.05) is 24.9 Å². The average molecular weight is 253 g/mol. The van der Waals surface area contributed by atoms with Crippen molar-refractivity contribution in [1.82, 2.24) is 15.1 Å². The van der Waals surface area contributed by atoms with E-state index in [1.54, 1.807) is 0 Å². The van der Waals surface area contributed by atoms with Gasteiger partial charge < -0.3 is 10.1 Å². The third kappa shape index (κ3) is 4.10. The lowest BCUT2D eigenvalue weighted by molar-refractivity contribution is 0.0318. The highest BCUT2D eigenvalue weighted by Gasteiger charge is 2.22. The monoisotopic (exact) mass is 253 g/mol. The molecule has 0 bridgehead atoms. The van der Waals surface area contributed by atoms with E-state index in [0.717, 1.165) is 32.5 Å². The second-order valence-corrected chi connectivity index (χ2v) is 4.47. The molecular weight excluding hydrogens is 226 g/mol. The minimum atomic E-state index is 0.217. The Labute approximate surface area is 111 Å². The predicted molar refractivity (Wildman–Crippen MR) is 74.6 cm³/mol. The molecule has 1 heterocycles. The summed E-state index contributed by atoms with van der Waals surface area (Å²) in [5, 5.41) is 7.92. The molecule has 0 aliphatic rings. The summed E-state index contributed by atoms with van der Waals surface area (Å²) in [6, 6.07) is 0.241. The van der Waals surface area contributed by atoms with E-state index in [-0.39, 0.29) is 12.1 Å². The number of rotatable bonds is 9. The lowest BCUT2D eigenvalue weighted by atomic mass is 10.0. The maximum absolute atomic E-state index is 5.83. The summed E-state index contributed by atoms with van der Waals surface area (Å²) in [4.78, 5) is 0. The molecule has 0 fully saturated rings. The van der Waals surface area contributed by atoms with Gasteiger partial charge in [-0.2, -0.15) is 5.10 Å². The van der Waals surface area contributed by atoms with E-state index in [1.165, 1.54) is 5.56 Å². The highest BCUT2D eigenvalue weighted by atomic mass is 16.5. The van der Waals surface area contributed by atoms with Crippen LogP contribution in [0.5, 0.6) is 0 Å². The van der Waals surface area contributed by atoms with Gasteiger partial charge in [-0.25, -0.2) is 0 Å². The van der Waals surface area contributed by atoms with E-state index in [2.05, 4.69) is 37.4 Å². The Hall–Kier alpha value is -0.870. The lowest BCUT2D eigenvalue weighted by Crippen LogP contribution is -2.33. The van der Waals surface area contributed by atoms with Crippen LogP contribution in [0, 0.1) is 0 Å². The fourth-order valence-corrected chi connectivity index (χ4v) is 2.24. The summed E-state index contributed by atoms with van der Waals surface area (Å²) in [6.45, 7) is 11.2. The van der Waals surface area contributed by atoms with Gasteiger partial charge >= 0.3 is 0 Å². The zero-order valence-electron chi connectivity index (χ0n) is 12.1. The van der Waals surface area contributed by atoms with Crippen molar-refractivity contribution in [3.05, 3.63) is 18.0 Å². The first kappa shape index (κ1) is 15.2. The summed E-state index contributed by atoms with van der Waals surface area (Å²) >= 11 is 0. The Morgan fingerprint density at radius 1 is 1.33 bits per heavy atom. The Bertz CT molecular complexity index is 325. The Balaban J connectivity index is 2.80. The Kier molecular flexibility index (Phi) is 6.98. The second kappa shape index (κ2) is 8.27. The van der Waals surface area contributed by atoms with Crippen molar-refractivity contribution in [2.45, 2.75) is 59.2 Å². The first-order chi connectivity index (χ1) is 8.76. The molecule has 1 N–H and O–H groups in total. The molecule has 0 saturated heterocycles. The molecular formula is C14H27N3O. The van der Waals surface area contributed by atoms with Crippen molar-refractivity contribution in [2.75, 3.05) is 13.2 Å². The molecule has 4 nitrogen and oxygen atoms in total. The molecule has 0 saturated carbocycles. The normalized spacial score (nSPS) is 14.7. The van der Waals surface area contributed by atoms with E-state index in [9.17, 15) is 0 Å². The summed E-state index contributed by atoms with van der Waals surface area (Å²) < 4.78 is 7.84. The number of likely N-dealkylation sites (N-methyl/N-ethyl adjacent to an activating group) is 1. The first-order valence-corrected chi connectivity index (χ1v) is 7.14. The Morgan fingerprint density at radius 3 is 2.67 bits per heavy atom. The Morgan fingerprint density at radius 2 is 2.11 bits per heavy atom. The van der Waals surface area contributed by atoms with Gasteiger partial charge in [-0.15, -0.1) is 0 Å². The highest BCUT2D eigenvalue weighted by Crippen LogP contribution is 2.21. The molecule has 0 aliphatic carbocycles. The van der Waals surface area contributed by atoms with E-state index in [1.807, 2.05) is 17.8 Å². The van der Waals surface area contributed by atoms with Crippen LogP contribution in [-0.4, -0.2) is 29.0 Å². The summed E-state index contributed by atoms with van der Waals surface area (Å²) in [6.07, 6.45) is 6.43. The van der Waals surface area contributed by atoms with Crippen LogP contribution in [0.25, 0.3) is 0 Å². The van der Waals surface area contributed by atoms with Crippen LogP contribution in [0.2, 0.25) is 0 Å². The molecule has 2 atom stereocenters. The quantitative estimate of drug-likeness (QED) is 0.735. The summed E-state index contributed by atoms with van der Waals surface area (Å²) in [5.41, 5.74) is 1.23. The first-order valence-electron chi connectivity index (χ1n) is 7.14. The van der Waals surface area contributed by atoms with Crippen molar-refractivity contribution in [3.63, 3.8) is 0 Å². The molecule has 104 valence electrons. The minimum Gasteiger partial charge on any atom is -0.377 e. The van der Waals surface area contributed by atoms with E-state index < -0.39 is 0 Å². The molecule has 1 aromatic rings. The number of hydrogen-bond donors (Lipinski definition) is 1. The predicted octanol–water partition coefficient (Wildman–Crippen LogP) is 2.76. The standard InChI is InChI=1S/C14H27N3O/c1-5-9-17-11-12(10-16-17)14(15-7-3)13(6-2)18-8-4/h10-11,13-15H,5-9H2,1-4H3. The van der Waals surface area contributed by atoms with Crippen molar-refractivity contribution >= 4 is 0 Å². The fraction of sp³-hybridized carbons (Fsp3) is 0.786. The zero-order chi connectivity index (χ0) is 13.4. The van der Waals surface area contributed by atoms with Gasteiger partial charge in [0.15, 0.2) is 0 Å². The van der Waals surface area contributed by atoms with Crippen LogP contribution in [0.4, 0.5) is 0 Å². The third-order valence-electron chi connectivity index (χ3n) is 3.04. The molecule has 2 unspecified atom stereocenters.